The zero-order chi connectivity index (χ0) is 13.6. The Morgan fingerprint density at radius 2 is 2.00 bits per heavy atom. The van der Waals surface area contributed by atoms with Crippen LogP contribution in [0.25, 0.3) is 0 Å². The van der Waals surface area contributed by atoms with Crippen molar-refractivity contribution >= 4 is 33.2 Å². The summed E-state index contributed by atoms with van der Waals surface area (Å²) in [6.45, 7) is 2.22. The second-order valence-electron chi connectivity index (χ2n) is 5.66. The summed E-state index contributed by atoms with van der Waals surface area (Å²) in [6.07, 6.45) is 3.74. The highest BCUT2D eigenvalue weighted by Crippen LogP contribution is 2.41. The smallest absolute Gasteiger partial charge is 0.250 e. The van der Waals surface area contributed by atoms with Crippen LogP contribution < -0.4 is 10.6 Å². The first kappa shape index (κ1) is 12.9. The van der Waals surface area contributed by atoms with Crippen molar-refractivity contribution < 1.29 is 9.18 Å². The average molecular weight is 327 g/mol. The van der Waals surface area contributed by atoms with Gasteiger partial charge in [0.1, 0.15) is 11.4 Å². The Balaban J connectivity index is 1.95. The molecule has 2 N–H and O–H groups in total. The minimum atomic E-state index is -0.517. The van der Waals surface area contributed by atoms with Crippen molar-refractivity contribution in [3.8, 4) is 0 Å². The van der Waals surface area contributed by atoms with E-state index in [0.29, 0.717) is 16.1 Å². The molecule has 1 fully saturated rings. The number of benzene rings is 1. The molecule has 1 saturated carbocycles. The highest BCUT2D eigenvalue weighted by Gasteiger charge is 2.44. The normalized spacial score (nSPS) is 29.6. The van der Waals surface area contributed by atoms with Crippen LogP contribution in [0.3, 0.4) is 0 Å². The highest BCUT2D eigenvalue weighted by atomic mass is 79.9. The number of amides is 1. The van der Waals surface area contributed by atoms with Crippen LogP contribution in [-0.4, -0.2) is 11.4 Å². The van der Waals surface area contributed by atoms with Gasteiger partial charge in [-0.15, -0.1) is 0 Å². The largest absolute Gasteiger partial charge is 0.369 e. The van der Waals surface area contributed by atoms with Gasteiger partial charge in [-0.05, 0) is 53.6 Å². The minimum Gasteiger partial charge on any atom is -0.369 e. The fraction of sp³-hybridized carbons (Fsp3) is 0.500. The Morgan fingerprint density at radius 3 is 2.68 bits per heavy atom. The van der Waals surface area contributed by atoms with Crippen molar-refractivity contribution in [3.63, 3.8) is 0 Å². The molecular weight excluding hydrogens is 311 g/mol. The van der Waals surface area contributed by atoms with Gasteiger partial charge in [0, 0.05) is 6.07 Å². The van der Waals surface area contributed by atoms with E-state index < -0.39 is 5.54 Å². The molecule has 3 nitrogen and oxygen atoms in total. The molecule has 1 aromatic carbocycles. The SMILES string of the molecule is CC1CCC2(CC1)Nc1cc(Br)c(F)cc1NC2=O. The molecule has 19 heavy (non-hydrogen) atoms. The van der Waals surface area contributed by atoms with Gasteiger partial charge in [-0.1, -0.05) is 6.92 Å². The van der Waals surface area contributed by atoms with Gasteiger partial charge in [0.2, 0.25) is 5.91 Å². The fourth-order valence-corrected chi connectivity index (χ4v) is 3.26. The lowest BCUT2D eigenvalue weighted by atomic mass is 9.75. The quantitative estimate of drug-likeness (QED) is 0.759. The monoisotopic (exact) mass is 326 g/mol. The summed E-state index contributed by atoms with van der Waals surface area (Å²) >= 11 is 3.18. The second-order valence-corrected chi connectivity index (χ2v) is 6.51. The van der Waals surface area contributed by atoms with E-state index in [9.17, 15) is 9.18 Å². The molecule has 1 aliphatic carbocycles. The number of nitrogens with one attached hydrogen (secondary N) is 2. The van der Waals surface area contributed by atoms with Gasteiger partial charge in [0.25, 0.3) is 0 Å². The van der Waals surface area contributed by atoms with Crippen LogP contribution in [-0.2, 0) is 4.79 Å². The van der Waals surface area contributed by atoms with E-state index in [2.05, 4.69) is 33.5 Å². The number of carbonyl (C=O) groups excluding carboxylic acids is 1. The van der Waals surface area contributed by atoms with Gasteiger partial charge in [0.05, 0.1) is 15.8 Å². The van der Waals surface area contributed by atoms with Gasteiger partial charge < -0.3 is 10.6 Å². The lowest BCUT2D eigenvalue weighted by molar-refractivity contribution is -0.121. The second kappa shape index (κ2) is 4.47. The highest BCUT2D eigenvalue weighted by molar-refractivity contribution is 9.10. The Morgan fingerprint density at radius 1 is 1.32 bits per heavy atom. The first-order valence-corrected chi connectivity index (χ1v) is 7.38. The lowest BCUT2D eigenvalue weighted by Gasteiger charge is -2.42. The van der Waals surface area contributed by atoms with Crippen molar-refractivity contribution in [1.29, 1.82) is 0 Å². The van der Waals surface area contributed by atoms with Crippen LogP contribution >= 0.6 is 15.9 Å². The third-order valence-corrected chi connectivity index (χ3v) is 4.85. The third-order valence-electron chi connectivity index (χ3n) is 4.25. The van der Waals surface area contributed by atoms with Crippen molar-refractivity contribution in [2.24, 2.45) is 5.92 Å². The van der Waals surface area contributed by atoms with Crippen molar-refractivity contribution in [2.45, 2.75) is 38.1 Å². The van der Waals surface area contributed by atoms with E-state index in [4.69, 9.17) is 0 Å². The van der Waals surface area contributed by atoms with E-state index in [-0.39, 0.29) is 11.7 Å². The number of hydrogen-bond donors (Lipinski definition) is 2. The molecule has 102 valence electrons. The first-order chi connectivity index (χ1) is 9.00. The summed E-state index contributed by atoms with van der Waals surface area (Å²) in [7, 11) is 0. The predicted octanol–water partition coefficient (Wildman–Crippen LogP) is 3.90. The molecule has 0 radical (unpaired) electrons. The maximum atomic E-state index is 13.5. The van der Waals surface area contributed by atoms with Gasteiger partial charge in [-0.25, -0.2) is 4.39 Å². The van der Waals surface area contributed by atoms with Gasteiger partial charge >= 0.3 is 0 Å². The molecular formula is C14H16BrFN2O. The van der Waals surface area contributed by atoms with Crippen LogP contribution in [0, 0.1) is 11.7 Å². The molecule has 1 aromatic rings. The van der Waals surface area contributed by atoms with Crippen molar-refractivity contribution in [2.75, 3.05) is 10.6 Å². The summed E-state index contributed by atoms with van der Waals surface area (Å²) < 4.78 is 13.9. The Labute approximate surface area is 120 Å². The molecule has 1 spiro atoms. The molecule has 2 aliphatic rings. The molecule has 3 rings (SSSR count). The van der Waals surface area contributed by atoms with Crippen LogP contribution in [0.15, 0.2) is 16.6 Å². The number of anilines is 2. The molecule has 0 bridgehead atoms. The van der Waals surface area contributed by atoms with E-state index >= 15 is 0 Å². The molecule has 0 unspecified atom stereocenters. The maximum Gasteiger partial charge on any atom is 0.250 e. The van der Waals surface area contributed by atoms with Crippen LogP contribution in [0.4, 0.5) is 15.8 Å². The number of hydrogen-bond acceptors (Lipinski definition) is 2. The molecule has 0 saturated heterocycles. The van der Waals surface area contributed by atoms with Crippen LogP contribution in [0.2, 0.25) is 0 Å². The van der Waals surface area contributed by atoms with Crippen LogP contribution in [0.5, 0.6) is 0 Å². The van der Waals surface area contributed by atoms with Crippen molar-refractivity contribution in [1.82, 2.24) is 0 Å². The summed E-state index contributed by atoms with van der Waals surface area (Å²) in [5.74, 6) is 0.268. The molecule has 1 amide bonds. The molecule has 1 heterocycles. The van der Waals surface area contributed by atoms with Crippen LogP contribution in [0.1, 0.15) is 32.6 Å². The fourth-order valence-electron chi connectivity index (χ4n) is 2.92. The molecule has 5 heteroatoms. The average Bonchev–Trinajstić information content (AvgIpc) is 2.37. The number of halogens is 2. The Kier molecular flexibility index (Phi) is 3.04. The van der Waals surface area contributed by atoms with Crippen molar-refractivity contribution in [3.05, 3.63) is 22.4 Å². The zero-order valence-corrected chi connectivity index (χ0v) is 12.3. The van der Waals surface area contributed by atoms with E-state index in [1.165, 1.54) is 6.07 Å². The van der Waals surface area contributed by atoms with E-state index in [1.54, 1.807) is 6.07 Å². The summed E-state index contributed by atoms with van der Waals surface area (Å²) in [5.41, 5.74) is 0.800. The van der Waals surface area contributed by atoms with Gasteiger partial charge in [-0.3, -0.25) is 4.79 Å². The molecule has 1 aliphatic heterocycles. The Hall–Kier alpha value is -1.10. The topological polar surface area (TPSA) is 41.1 Å². The predicted molar refractivity (Wildman–Crippen MR) is 76.7 cm³/mol. The summed E-state index contributed by atoms with van der Waals surface area (Å²) in [4.78, 5) is 12.3. The molecule has 0 aromatic heterocycles. The standard InChI is InChI=1S/C14H16BrFN2O/c1-8-2-4-14(5-3-8)13(19)17-11-7-10(16)9(15)6-12(11)18-14/h6-8,18H,2-5H2,1H3,(H,17,19). The molecule has 0 atom stereocenters. The van der Waals surface area contributed by atoms with E-state index in [0.717, 1.165) is 31.4 Å². The number of fused-ring (bicyclic) bond motifs is 1. The zero-order valence-electron chi connectivity index (χ0n) is 10.7. The number of rotatable bonds is 0. The van der Waals surface area contributed by atoms with Gasteiger partial charge in [-0.2, -0.15) is 0 Å². The summed E-state index contributed by atoms with van der Waals surface area (Å²) in [6, 6.07) is 3.05. The third kappa shape index (κ3) is 2.14. The maximum absolute atomic E-state index is 13.5. The number of carbonyl (C=O) groups is 1. The van der Waals surface area contributed by atoms with E-state index in [1.807, 2.05) is 0 Å². The summed E-state index contributed by atoms with van der Waals surface area (Å²) in [5, 5.41) is 6.18. The Bertz CT molecular complexity index is 538. The minimum absolute atomic E-state index is 0.0337. The van der Waals surface area contributed by atoms with Gasteiger partial charge in [0.15, 0.2) is 0 Å². The first-order valence-electron chi connectivity index (χ1n) is 6.59. The lowest BCUT2D eigenvalue weighted by Crippen LogP contribution is -2.54.